The molecule has 0 N–H and O–H groups in total. The quantitative estimate of drug-likeness (QED) is 0.656. The lowest BCUT2D eigenvalue weighted by Crippen LogP contribution is -2.50. The van der Waals surface area contributed by atoms with Gasteiger partial charge in [-0.2, -0.15) is 0 Å². The molecule has 0 aromatic heterocycles. The Labute approximate surface area is 167 Å². The molecule has 6 heteroatoms. The van der Waals surface area contributed by atoms with Gasteiger partial charge in [0, 0.05) is 35.3 Å². The Morgan fingerprint density at radius 3 is 2.08 bits per heavy atom. The van der Waals surface area contributed by atoms with Crippen LogP contribution in [0.15, 0.2) is 42.5 Å². The molecular formula is C20H21IN2O3. The summed E-state index contributed by atoms with van der Waals surface area (Å²) < 4.78 is 6.12. The SMILES string of the molecule is COc1ccc(C(=O)N2CCN(C(=O)c3cccc(C)c3I)CC2)cc1. The van der Waals surface area contributed by atoms with E-state index in [9.17, 15) is 9.59 Å². The molecule has 0 radical (unpaired) electrons. The number of halogens is 1. The summed E-state index contributed by atoms with van der Waals surface area (Å²) >= 11 is 2.22. The number of rotatable bonds is 3. The summed E-state index contributed by atoms with van der Waals surface area (Å²) in [5, 5.41) is 0. The van der Waals surface area contributed by atoms with Crippen molar-refractivity contribution in [2.24, 2.45) is 0 Å². The lowest BCUT2D eigenvalue weighted by Gasteiger charge is -2.35. The van der Waals surface area contributed by atoms with Crippen LogP contribution in [0.3, 0.4) is 0 Å². The molecule has 5 nitrogen and oxygen atoms in total. The highest BCUT2D eigenvalue weighted by molar-refractivity contribution is 14.1. The molecule has 1 aliphatic heterocycles. The van der Waals surface area contributed by atoms with Crippen molar-refractivity contribution in [2.75, 3.05) is 33.3 Å². The molecule has 1 heterocycles. The number of carbonyl (C=O) groups is 2. The molecule has 26 heavy (non-hydrogen) atoms. The minimum Gasteiger partial charge on any atom is -0.497 e. The molecule has 1 saturated heterocycles. The van der Waals surface area contributed by atoms with Gasteiger partial charge in [-0.05, 0) is 65.4 Å². The molecule has 0 unspecified atom stereocenters. The Hall–Kier alpha value is -2.09. The average Bonchev–Trinajstić information content (AvgIpc) is 2.69. The van der Waals surface area contributed by atoms with E-state index in [1.165, 1.54) is 0 Å². The molecule has 2 aromatic rings. The van der Waals surface area contributed by atoms with Gasteiger partial charge in [-0.15, -0.1) is 0 Å². The average molecular weight is 464 g/mol. The van der Waals surface area contributed by atoms with E-state index in [1.807, 2.05) is 30.0 Å². The fourth-order valence-electron chi connectivity index (χ4n) is 3.01. The Balaban J connectivity index is 1.64. The molecule has 2 amide bonds. The molecule has 2 aromatic carbocycles. The Morgan fingerprint density at radius 1 is 0.923 bits per heavy atom. The Kier molecular flexibility index (Phi) is 5.80. The van der Waals surface area contributed by atoms with Gasteiger partial charge in [0.15, 0.2) is 0 Å². The molecule has 0 bridgehead atoms. The third-order valence-electron chi connectivity index (χ3n) is 4.61. The normalized spacial score (nSPS) is 14.3. The van der Waals surface area contributed by atoms with Gasteiger partial charge in [0.05, 0.1) is 12.7 Å². The molecule has 0 saturated carbocycles. The van der Waals surface area contributed by atoms with Gasteiger partial charge < -0.3 is 14.5 Å². The minimum atomic E-state index is -0.00936. The number of benzene rings is 2. The van der Waals surface area contributed by atoms with Gasteiger partial charge in [0.1, 0.15) is 5.75 Å². The zero-order valence-electron chi connectivity index (χ0n) is 14.9. The standard InChI is InChI=1S/C20H21IN2O3/c1-14-4-3-5-17(18(14)21)20(25)23-12-10-22(11-13-23)19(24)15-6-8-16(26-2)9-7-15/h3-9H,10-13H2,1-2H3. The van der Waals surface area contributed by atoms with Crippen LogP contribution in [0.25, 0.3) is 0 Å². The van der Waals surface area contributed by atoms with Crippen LogP contribution in [-0.4, -0.2) is 54.9 Å². The smallest absolute Gasteiger partial charge is 0.255 e. The number of hydrogen-bond acceptors (Lipinski definition) is 3. The van der Waals surface area contributed by atoms with E-state index in [1.54, 1.807) is 36.3 Å². The van der Waals surface area contributed by atoms with E-state index in [0.717, 1.165) is 20.4 Å². The maximum Gasteiger partial charge on any atom is 0.255 e. The maximum absolute atomic E-state index is 12.8. The largest absolute Gasteiger partial charge is 0.497 e. The first-order chi connectivity index (χ1) is 12.5. The van der Waals surface area contributed by atoms with Gasteiger partial charge >= 0.3 is 0 Å². The lowest BCUT2D eigenvalue weighted by atomic mass is 10.1. The van der Waals surface area contributed by atoms with E-state index in [0.29, 0.717) is 31.7 Å². The summed E-state index contributed by atoms with van der Waals surface area (Å²) in [6.45, 7) is 4.18. The number of ether oxygens (including phenoxy) is 1. The van der Waals surface area contributed by atoms with E-state index in [2.05, 4.69) is 22.6 Å². The summed E-state index contributed by atoms with van der Waals surface area (Å²) in [5.74, 6) is 0.754. The molecule has 1 aliphatic rings. The van der Waals surface area contributed by atoms with Crippen LogP contribution >= 0.6 is 22.6 Å². The highest BCUT2D eigenvalue weighted by Crippen LogP contribution is 2.20. The fourth-order valence-corrected chi connectivity index (χ4v) is 3.60. The second-order valence-electron chi connectivity index (χ2n) is 6.25. The number of hydrogen-bond donors (Lipinski definition) is 0. The minimum absolute atomic E-state index is 0.00936. The van der Waals surface area contributed by atoms with Gasteiger partial charge in [-0.1, -0.05) is 12.1 Å². The van der Waals surface area contributed by atoms with E-state index in [4.69, 9.17) is 4.74 Å². The number of nitrogens with zero attached hydrogens (tertiary/aromatic N) is 2. The lowest BCUT2D eigenvalue weighted by molar-refractivity contribution is 0.0535. The van der Waals surface area contributed by atoms with Crippen LogP contribution < -0.4 is 4.74 Å². The third-order valence-corrected chi connectivity index (χ3v) is 6.05. The summed E-state index contributed by atoms with van der Waals surface area (Å²) in [6, 6.07) is 12.9. The van der Waals surface area contributed by atoms with Gasteiger partial charge in [0.2, 0.25) is 0 Å². The predicted molar refractivity (Wildman–Crippen MR) is 109 cm³/mol. The monoisotopic (exact) mass is 464 g/mol. The molecule has 1 fully saturated rings. The van der Waals surface area contributed by atoms with Crippen LogP contribution in [-0.2, 0) is 0 Å². The van der Waals surface area contributed by atoms with Gasteiger partial charge in [0.25, 0.3) is 11.8 Å². The van der Waals surface area contributed by atoms with Crippen LogP contribution in [0.2, 0.25) is 0 Å². The summed E-state index contributed by atoms with van der Waals surface area (Å²) in [5.41, 5.74) is 2.48. The zero-order valence-corrected chi connectivity index (χ0v) is 17.0. The van der Waals surface area contributed by atoms with Crippen LogP contribution in [0, 0.1) is 10.5 Å². The van der Waals surface area contributed by atoms with Crippen molar-refractivity contribution in [3.8, 4) is 5.75 Å². The summed E-state index contributed by atoms with van der Waals surface area (Å²) in [4.78, 5) is 29.0. The number of piperazine rings is 1. The first kappa shape index (κ1) is 18.7. The molecule has 0 atom stereocenters. The van der Waals surface area contributed by atoms with Gasteiger partial charge in [-0.25, -0.2) is 0 Å². The van der Waals surface area contributed by atoms with Gasteiger partial charge in [-0.3, -0.25) is 9.59 Å². The molecule has 0 aliphatic carbocycles. The highest BCUT2D eigenvalue weighted by Gasteiger charge is 2.26. The maximum atomic E-state index is 12.8. The second-order valence-corrected chi connectivity index (χ2v) is 7.33. The molecule has 136 valence electrons. The third kappa shape index (κ3) is 3.85. The van der Waals surface area contributed by atoms with E-state index < -0.39 is 0 Å². The van der Waals surface area contributed by atoms with Crippen molar-refractivity contribution in [1.29, 1.82) is 0 Å². The Morgan fingerprint density at radius 2 is 1.50 bits per heavy atom. The number of methoxy groups -OCH3 is 1. The molecule has 3 rings (SSSR count). The second kappa shape index (κ2) is 8.07. The van der Waals surface area contributed by atoms with Crippen LogP contribution in [0.1, 0.15) is 26.3 Å². The first-order valence-corrected chi connectivity index (χ1v) is 9.57. The first-order valence-electron chi connectivity index (χ1n) is 8.49. The highest BCUT2D eigenvalue weighted by atomic mass is 127. The predicted octanol–water partition coefficient (Wildman–Crippen LogP) is 3.21. The van der Waals surface area contributed by atoms with E-state index >= 15 is 0 Å². The summed E-state index contributed by atoms with van der Waals surface area (Å²) in [6.07, 6.45) is 0. The van der Waals surface area contributed by atoms with Crippen molar-refractivity contribution in [1.82, 2.24) is 9.80 Å². The van der Waals surface area contributed by atoms with Crippen molar-refractivity contribution < 1.29 is 14.3 Å². The number of carbonyl (C=O) groups excluding carboxylic acids is 2. The van der Waals surface area contributed by atoms with Crippen molar-refractivity contribution >= 4 is 34.4 Å². The van der Waals surface area contributed by atoms with E-state index in [-0.39, 0.29) is 11.8 Å². The number of aryl methyl sites for hydroxylation is 1. The van der Waals surface area contributed by atoms with Crippen LogP contribution in [0.4, 0.5) is 0 Å². The molecular weight excluding hydrogens is 443 g/mol. The van der Waals surface area contributed by atoms with Crippen LogP contribution in [0.5, 0.6) is 5.75 Å². The van der Waals surface area contributed by atoms with Crippen molar-refractivity contribution in [3.05, 3.63) is 62.7 Å². The zero-order chi connectivity index (χ0) is 18.7. The number of amides is 2. The van der Waals surface area contributed by atoms with Crippen molar-refractivity contribution in [2.45, 2.75) is 6.92 Å². The fraction of sp³-hybridized carbons (Fsp3) is 0.300. The summed E-state index contributed by atoms with van der Waals surface area (Å²) in [7, 11) is 1.60. The molecule has 0 spiro atoms. The Bertz CT molecular complexity index is 812. The topological polar surface area (TPSA) is 49.9 Å². The van der Waals surface area contributed by atoms with Crippen molar-refractivity contribution in [3.63, 3.8) is 0 Å².